The largest absolute Gasteiger partial charge is 0.369 e. The molecule has 2 fully saturated rings. The highest BCUT2D eigenvalue weighted by atomic mass is 16.5. The third-order valence-corrected chi connectivity index (χ3v) is 5.14. The fourth-order valence-corrected chi connectivity index (χ4v) is 3.97. The first-order chi connectivity index (χ1) is 11.2. The third kappa shape index (κ3) is 4.40. The SMILES string of the molecule is CC1CN(CC=O)CC2(CCN(CCc3ccccc3)CC2)O1. The predicted molar refractivity (Wildman–Crippen MR) is 91.6 cm³/mol. The van der Waals surface area contributed by atoms with Gasteiger partial charge in [0.15, 0.2) is 0 Å². The van der Waals surface area contributed by atoms with Gasteiger partial charge in [-0.1, -0.05) is 30.3 Å². The van der Waals surface area contributed by atoms with E-state index in [4.69, 9.17) is 4.74 Å². The Balaban J connectivity index is 1.50. The first-order valence-electron chi connectivity index (χ1n) is 8.79. The second-order valence-electron chi connectivity index (χ2n) is 7.05. The third-order valence-electron chi connectivity index (χ3n) is 5.14. The van der Waals surface area contributed by atoms with Gasteiger partial charge >= 0.3 is 0 Å². The van der Waals surface area contributed by atoms with E-state index in [0.29, 0.717) is 6.54 Å². The number of morpholine rings is 1. The average Bonchev–Trinajstić information content (AvgIpc) is 2.55. The smallest absolute Gasteiger partial charge is 0.133 e. The number of likely N-dealkylation sites (tertiary alicyclic amines) is 1. The second-order valence-corrected chi connectivity index (χ2v) is 7.05. The Morgan fingerprint density at radius 1 is 1.22 bits per heavy atom. The van der Waals surface area contributed by atoms with E-state index in [1.165, 1.54) is 5.56 Å². The van der Waals surface area contributed by atoms with Crippen LogP contribution in [0.5, 0.6) is 0 Å². The van der Waals surface area contributed by atoms with E-state index in [9.17, 15) is 4.79 Å². The first-order valence-corrected chi connectivity index (χ1v) is 8.79. The highest BCUT2D eigenvalue weighted by molar-refractivity contribution is 5.52. The van der Waals surface area contributed by atoms with Crippen molar-refractivity contribution in [2.75, 3.05) is 39.3 Å². The number of hydrogen-bond donors (Lipinski definition) is 0. The highest BCUT2D eigenvalue weighted by Gasteiger charge is 2.41. The van der Waals surface area contributed by atoms with Crippen molar-refractivity contribution in [3.8, 4) is 0 Å². The fourth-order valence-electron chi connectivity index (χ4n) is 3.97. The Kier molecular flexibility index (Phi) is 5.46. The van der Waals surface area contributed by atoms with E-state index in [1.54, 1.807) is 0 Å². The van der Waals surface area contributed by atoms with Crippen LogP contribution in [0.4, 0.5) is 0 Å². The van der Waals surface area contributed by atoms with Crippen LogP contribution in [0.25, 0.3) is 0 Å². The van der Waals surface area contributed by atoms with Gasteiger partial charge in [-0.3, -0.25) is 4.90 Å². The molecule has 2 aliphatic rings. The van der Waals surface area contributed by atoms with Crippen molar-refractivity contribution in [2.24, 2.45) is 0 Å². The molecule has 0 radical (unpaired) electrons. The molecule has 4 nitrogen and oxygen atoms in total. The Morgan fingerprint density at radius 2 is 1.96 bits per heavy atom. The zero-order chi connectivity index (χ0) is 16.1. The lowest BCUT2D eigenvalue weighted by Crippen LogP contribution is -2.59. The summed E-state index contributed by atoms with van der Waals surface area (Å²) in [4.78, 5) is 15.6. The molecule has 0 saturated carbocycles. The Morgan fingerprint density at radius 3 is 2.65 bits per heavy atom. The molecule has 1 aromatic rings. The molecule has 3 rings (SSSR count). The average molecular weight is 316 g/mol. The second kappa shape index (κ2) is 7.56. The summed E-state index contributed by atoms with van der Waals surface area (Å²) in [7, 11) is 0. The number of carbonyl (C=O) groups excluding carboxylic acids is 1. The van der Waals surface area contributed by atoms with Crippen molar-refractivity contribution in [3.05, 3.63) is 35.9 Å². The normalized spacial score (nSPS) is 25.5. The highest BCUT2D eigenvalue weighted by Crippen LogP contribution is 2.32. The number of rotatable bonds is 5. The van der Waals surface area contributed by atoms with E-state index in [0.717, 1.165) is 58.3 Å². The van der Waals surface area contributed by atoms with Gasteiger partial charge in [-0.2, -0.15) is 0 Å². The molecule has 2 aliphatic heterocycles. The van der Waals surface area contributed by atoms with Gasteiger partial charge < -0.3 is 14.4 Å². The maximum Gasteiger partial charge on any atom is 0.133 e. The summed E-state index contributed by atoms with van der Waals surface area (Å²) in [6, 6.07) is 10.7. The molecule has 23 heavy (non-hydrogen) atoms. The van der Waals surface area contributed by atoms with Crippen molar-refractivity contribution in [1.29, 1.82) is 0 Å². The van der Waals surface area contributed by atoms with Crippen molar-refractivity contribution in [2.45, 2.75) is 37.9 Å². The summed E-state index contributed by atoms with van der Waals surface area (Å²) >= 11 is 0. The van der Waals surface area contributed by atoms with Gasteiger partial charge in [0.1, 0.15) is 6.29 Å². The molecule has 2 heterocycles. The molecule has 0 amide bonds. The lowest BCUT2D eigenvalue weighted by molar-refractivity contribution is -0.169. The molecule has 1 spiro atoms. The van der Waals surface area contributed by atoms with Crippen LogP contribution in [0.2, 0.25) is 0 Å². The number of carbonyl (C=O) groups is 1. The number of benzene rings is 1. The molecule has 126 valence electrons. The summed E-state index contributed by atoms with van der Waals surface area (Å²) < 4.78 is 6.32. The van der Waals surface area contributed by atoms with Crippen molar-refractivity contribution in [1.82, 2.24) is 9.80 Å². The summed E-state index contributed by atoms with van der Waals surface area (Å²) in [5.41, 5.74) is 1.37. The summed E-state index contributed by atoms with van der Waals surface area (Å²) in [6.45, 7) is 7.74. The number of ether oxygens (including phenoxy) is 1. The Hall–Kier alpha value is -1.23. The van der Waals surface area contributed by atoms with Crippen LogP contribution in [0, 0.1) is 0 Å². The fraction of sp³-hybridized carbons (Fsp3) is 0.632. The van der Waals surface area contributed by atoms with Crippen molar-refractivity contribution < 1.29 is 9.53 Å². The van der Waals surface area contributed by atoms with Gasteiger partial charge in [0.05, 0.1) is 18.2 Å². The summed E-state index contributed by atoms with van der Waals surface area (Å²) in [5.74, 6) is 0. The molecular formula is C19H28N2O2. The lowest BCUT2D eigenvalue weighted by Gasteiger charge is -2.49. The molecule has 1 unspecified atom stereocenters. The van der Waals surface area contributed by atoms with Gasteiger partial charge in [0.2, 0.25) is 0 Å². The van der Waals surface area contributed by atoms with Gasteiger partial charge in [0.25, 0.3) is 0 Å². The predicted octanol–water partition coefficient (Wildman–Crippen LogP) is 1.98. The van der Waals surface area contributed by atoms with Crippen LogP contribution < -0.4 is 0 Å². The van der Waals surface area contributed by atoms with Gasteiger partial charge in [-0.25, -0.2) is 0 Å². The zero-order valence-corrected chi connectivity index (χ0v) is 14.1. The maximum atomic E-state index is 10.8. The van der Waals surface area contributed by atoms with Crippen LogP contribution in [0.15, 0.2) is 30.3 Å². The monoisotopic (exact) mass is 316 g/mol. The van der Waals surface area contributed by atoms with Crippen LogP contribution in [0.1, 0.15) is 25.3 Å². The van der Waals surface area contributed by atoms with E-state index >= 15 is 0 Å². The zero-order valence-electron chi connectivity index (χ0n) is 14.1. The van der Waals surface area contributed by atoms with Crippen LogP contribution in [0.3, 0.4) is 0 Å². The van der Waals surface area contributed by atoms with E-state index in [2.05, 4.69) is 47.1 Å². The van der Waals surface area contributed by atoms with Gasteiger partial charge in [0, 0.05) is 32.7 Å². The quantitative estimate of drug-likeness (QED) is 0.778. The molecule has 4 heteroatoms. The minimum absolute atomic E-state index is 0.0378. The number of hydrogen-bond acceptors (Lipinski definition) is 4. The molecule has 0 aliphatic carbocycles. The molecule has 0 bridgehead atoms. The number of aldehydes is 1. The minimum atomic E-state index is -0.0378. The minimum Gasteiger partial charge on any atom is -0.369 e. The van der Waals surface area contributed by atoms with Crippen LogP contribution >= 0.6 is 0 Å². The molecule has 0 N–H and O–H groups in total. The first kappa shape index (κ1) is 16.6. The number of nitrogens with zero attached hydrogens (tertiary/aromatic N) is 2. The van der Waals surface area contributed by atoms with Gasteiger partial charge in [-0.05, 0) is 31.7 Å². The molecular weight excluding hydrogens is 288 g/mol. The van der Waals surface area contributed by atoms with E-state index in [1.807, 2.05) is 0 Å². The van der Waals surface area contributed by atoms with Gasteiger partial charge in [-0.15, -0.1) is 0 Å². The molecule has 1 atom stereocenters. The molecule has 2 saturated heterocycles. The summed E-state index contributed by atoms with van der Waals surface area (Å²) in [5, 5.41) is 0. The van der Waals surface area contributed by atoms with E-state index in [-0.39, 0.29) is 11.7 Å². The molecule has 0 aromatic heterocycles. The topological polar surface area (TPSA) is 32.8 Å². The van der Waals surface area contributed by atoms with Crippen molar-refractivity contribution in [3.63, 3.8) is 0 Å². The van der Waals surface area contributed by atoms with E-state index < -0.39 is 0 Å². The maximum absolute atomic E-state index is 10.8. The van der Waals surface area contributed by atoms with Crippen molar-refractivity contribution >= 4 is 6.29 Å². The Labute approximate surface area is 139 Å². The number of piperidine rings is 1. The summed E-state index contributed by atoms with van der Waals surface area (Å²) in [6.07, 6.45) is 4.49. The Bertz CT molecular complexity index is 497. The van der Waals surface area contributed by atoms with Crippen LogP contribution in [-0.2, 0) is 16.0 Å². The molecule has 1 aromatic carbocycles. The lowest BCUT2D eigenvalue weighted by atomic mass is 9.88. The standard InChI is InChI=1S/C19H28N2O2/c1-17-15-21(13-14-22)16-19(23-17)8-11-20(12-9-19)10-7-18-5-3-2-4-6-18/h2-6,14,17H,7-13,15-16H2,1H3. The van der Waals surface area contributed by atoms with Crippen LogP contribution in [-0.4, -0.2) is 67.1 Å².